The molecule has 0 aliphatic heterocycles. The number of hydrogen-bond acceptors (Lipinski definition) is 4. The number of nitriles is 1. The number of phenols is 1. The number of hydrogen-bond donors (Lipinski definition) is 3. The van der Waals surface area contributed by atoms with E-state index in [1.807, 2.05) is 30.3 Å². The van der Waals surface area contributed by atoms with Crippen LogP contribution in [0, 0.1) is 11.3 Å². The van der Waals surface area contributed by atoms with Crippen molar-refractivity contribution in [3.63, 3.8) is 0 Å². The summed E-state index contributed by atoms with van der Waals surface area (Å²) in [7, 11) is 0. The van der Waals surface area contributed by atoms with Crippen LogP contribution in [0.25, 0.3) is 10.8 Å². The number of rotatable bonds is 4. The van der Waals surface area contributed by atoms with E-state index in [1.54, 1.807) is 36.4 Å². The third-order valence-corrected chi connectivity index (χ3v) is 4.62. The van der Waals surface area contributed by atoms with Crippen LogP contribution < -0.4 is 10.6 Å². The van der Waals surface area contributed by atoms with Crippen LogP contribution in [0.3, 0.4) is 0 Å². The Morgan fingerprint density at radius 1 is 0.966 bits per heavy atom. The van der Waals surface area contributed by atoms with Gasteiger partial charge in [0.1, 0.15) is 17.4 Å². The molecular weight excluding hydrogens is 362 g/mol. The number of aromatic hydroxyl groups is 1. The second-order valence-corrected chi connectivity index (χ2v) is 7.74. The van der Waals surface area contributed by atoms with E-state index >= 15 is 0 Å². The maximum atomic E-state index is 12.7. The van der Waals surface area contributed by atoms with E-state index in [0.29, 0.717) is 16.5 Å². The zero-order valence-corrected chi connectivity index (χ0v) is 16.7. The number of benzene rings is 3. The third-order valence-electron chi connectivity index (χ3n) is 4.62. The number of para-hydroxylation sites is 1. The highest BCUT2D eigenvalue weighted by atomic mass is 16.3. The Morgan fingerprint density at radius 2 is 1.62 bits per heavy atom. The molecule has 1 amide bonds. The Kier molecular flexibility index (Phi) is 5.56. The quantitative estimate of drug-likeness (QED) is 0.420. The Bertz CT molecular complexity index is 1130. The number of amides is 1. The predicted molar refractivity (Wildman–Crippen MR) is 117 cm³/mol. The van der Waals surface area contributed by atoms with E-state index < -0.39 is 5.91 Å². The lowest BCUT2D eigenvalue weighted by molar-refractivity contribution is -0.112. The first-order valence-corrected chi connectivity index (χ1v) is 9.29. The first kappa shape index (κ1) is 20.0. The van der Waals surface area contributed by atoms with Gasteiger partial charge in [0, 0.05) is 28.3 Å². The van der Waals surface area contributed by atoms with Gasteiger partial charge in [-0.1, -0.05) is 63.2 Å². The Labute approximate surface area is 170 Å². The molecule has 0 radical (unpaired) electrons. The van der Waals surface area contributed by atoms with Crippen LogP contribution in [0.5, 0.6) is 5.75 Å². The van der Waals surface area contributed by atoms with Crippen molar-refractivity contribution in [2.75, 3.05) is 10.6 Å². The largest absolute Gasteiger partial charge is 0.507 e. The summed E-state index contributed by atoms with van der Waals surface area (Å²) >= 11 is 0. The van der Waals surface area contributed by atoms with Crippen LogP contribution in [0.15, 0.2) is 72.4 Å². The Hall–Kier alpha value is -3.78. The molecule has 0 aliphatic carbocycles. The molecule has 0 atom stereocenters. The highest BCUT2D eigenvalue weighted by Crippen LogP contribution is 2.31. The molecule has 0 heterocycles. The SMILES string of the molecule is CC(C)(C)c1ccccc1N/C=C(/C#N)C(=O)Nc1cccc2c(O)cccc12. The number of carbonyl (C=O) groups excluding carboxylic acids is 1. The zero-order valence-electron chi connectivity index (χ0n) is 16.7. The molecule has 0 bridgehead atoms. The van der Waals surface area contributed by atoms with Crippen LogP contribution in [0.2, 0.25) is 0 Å². The molecule has 0 unspecified atom stereocenters. The lowest BCUT2D eigenvalue weighted by Gasteiger charge is -2.22. The van der Waals surface area contributed by atoms with Crippen molar-refractivity contribution in [3.8, 4) is 11.8 Å². The van der Waals surface area contributed by atoms with Crippen molar-refractivity contribution in [3.05, 3.63) is 78.0 Å². The first-order valence-electron chi connectivity index (χ1n) is 9.29. The molecule has 0 spiro atoms. The van der Waals surface area contributed by atoms with E-state index in [2.05, 4.69) is 31.4 Å². The molecule has 0 aromatic heterocycles. The molecule has 5 nitrogen and oxygen atoms in total. The molecule has 29 heavy (non-hydrogen) atoms. The van der Waals surface area contributed by atoms with Gasteiger partial charge in [0.2, 0.25) is 0 Å². The summed E-state index contributed by atoms with van der Waals surface area (Å²) in [6.45, 7) is 6.31. The van der Waals surface area contributed by atoms with Crippen LogP contribution in [-0.4, -0.2) is 11.0 Å². The summed E-state index contributed by atoms with van der Waals surface area (Å²) in [6, 6.07) is 20.1. The van der Waals surface area contributed by atoms with Gasteiger partial charge in [0.05, 0.1) is 0 Å². The maximum Gasteiger partial charge on any atom is 0.267 e. The Balaban J connectivity index is 1.86. The van der Waals surface area contributed by atoms with Gasteiger partial charge in [0.15, 0.2) is 0 Å². The number of anilines is 2. The molecule has 0 saturated carbocycles. The molecule has 0 fully saturated rings. The second kappa shape index (κ2) is 8.07. The summed E-state index contributed by atoms with van der Waals surface area (Å²) in [4.78, 5) is 12.7. The van der Waals surface area contributed by atoms with Crippen molar-refractivity contribution >= 4 is 28.1 Å². The lowest BCUT2D eigenvalue weighted by atomic mass is 9.86. The van der Waals surface area contributed by atoms with Gasteiger partial charge in [-0.3, -0.25) is 4.79 Å². The lowest BCUT2D eigenvalue weighted by Crippen LogP contribution is -2.16. The van der Waals surface area contributed by atoms with Gasteiger partial charge in [0.25, 0.3) is 5.91 Å². The van der Waals surface area contributed by atoms with Gasteiger partial charge >= 0.3 is 0 Å². The molecule has 0 aliphatic rings. The first-order chi connectivity index (χ1) is 13.8. The predicted octanol–water partition coefficient (Wildman–Crippen LogP) is 5.30. The molecular formula is C24H23N3O2. The summed E-state index contributed by atoms with van der Waals surface area (Å²) < 4.78 is 0. The van der Waals surface area contributed by atoms with Gasteiger partial charge in [-0.25, -0.2) is 0 Å². The topological polar surface area (TPSA) is 85.2 Å². The molecule has 3 rings (SSSR count). The van der Waals surface area contributed by atoms with Crippen molar-refractivity contribution in [1.82, 2.24) is 0 Å². The minimum Gasteiger partial charge on any atom is -0.507 e. The van der Waals surface area contributed by atoms with Crippen molar-refractivity contribution in [2.24, 2.45) is 0 Å². The van der Waals surface area contributed by atoms with E-state index in [-0.39, 0.29) is 16.7 Å². The van der Waals surface area contributed by atoms with E-state index in [4.69, 9.17) is 0 Å². The van der Waals surface area contributed by atoms with Crippen LogP contribution in [0.1, 0.15) is 26.3 Å². The van der Waals surface area contributed by atoms with Crippen molar-refractivity contribution < 1.29 is 9.90 Å². The normalized spacial score (nSPS) is 11.7. The summed E-state index contributed by atoms with van der Waals surface area (Å²) in [5.41, 5.74) is 2.32. The van der Waals surface area contributed by atoms with Gasteiger partial charge < -0.3 is 15.7 Å². The summed E-state index contributed by atoms with van der Waals surface area (Å²) in [6.07, 6.45) is 1.42. The number of phenolic OH excluding ortho intramolecular Hbond substituents is 1. The highest BCUT2D eigenvalue weighted by Gasteiger charge is 2.17. The van der Waals surface area contributed by atoms with Crippen molar-refractivity contribution in [1.29, 1.82) is 5.26 Å². The molecule has 0 saturated heterocycles. The smallest absolute Gasteiger partial charge is 0.267 e. The number of fused-ring (bicyclic) bond motifs is 1. The maximum absolute atomic E-state index is 12.7. The molecule has 3 aromatic carbocycles. The Morgan fingerprint density at radius 3 is 2.34 bits per heavy atom. The van der Waals surface area contributed by atoms with Gasteiger partial charge in [-0.05, 0) is 29.2 Å². The molecule has 146 valence electrons. The fraction of sp³-hybridized carbons (Fsp3) is 0.167. The zero-order chi connectivity index (χ0) is 21.0. The summed E-state index contributed by atoms with van der Waals surface area (Å²) in [5.74, 6) is -0.390. The molecule has 3 N–H and O–H groups in total. The van der Waals surface area contributed by atoms with E-state index in [9.17, 15) is 15.2 Å². The average Bonchev–Trinajstić information content (AvgIpc) is 2.69. The van der Waals surface area contributed by atoms with Crippen LogP contribution in [-0.2, 0) is 10.2 Å². The van der Waals surface area contributed by atoms with Crippen LogP contribution >= 0.6 is 0 Å². The van der Waals surface area contributed by atoms with Gasteiger partial charge in [-0.2, -0.15) is 5.26 Å². The number of carbonyl (C=O) groups is 1. The van der Waals surface area contributed by atoms with Gasteiger partial charge in [-0.15, -0.1) is 0 Å². The van der Waals surface area contributed by atoms with E-state index in [1.165, 1.54) is 6.20 Å². The fourth-order valence-corrected chi connectivity index (χ4v) is 3.15. The van der Waals surface area contributed by atoms with Crippen LogP contribution in [0.4, 0.5) is 11.4 Å². The van der Waals surface area contributed by atoms with E-state index in [0.717, 1.165) is 11.3 Å². The standard InChI is InChI=1S/C24H23N3O2/c1-24(2,3)19-10-4-5-11-21(19)26-15-16(14-25)23(29)27-20-12-6-9-18-17(20)8-7-13-22(18)28/h4-13,15,26,28H,1-3H3,(H,27,29)/b16-15-. The molecule has 5 heteroatoms. The number of nitrogens with zero attached hydrogens (tertiary/aromatic N) is 1. The average molecular weight is 385 g/mol. The fourth-order valence-electron chi connectivity index (χ4n) is 3.15. The third kappa shape index (κ3) is 4.39. The minimum atomic E-state index is -0.524. The molecule has 3 aromatic rings. The highest BCUT2D eigenvalue weighted by molar-refractivity contribution is 6.11. The second-order valence-electron chi connectivity index (χ2n) is 7.74. The minimum absolute atomic E-state index is 0.0501. The monoisotopic (exact) mass is 385 g/mol. The number of nitrogens with one attached hydrogen (secondary N) is 2. The van der Waals surface area contributed by atoms with Crippen molar-refractivity contribution in [2.45, 2.75) is 26.2 Å². The summed E-state index contributed by atoms with van der Waals surface area (Å²) in [5, 5.41) is 26.7.